The Morgan fingerprint density at radius 2 is 2.06 bits per heavy atom. The van der Waals surface area contributed by atoms with Crippen molar-refractivity contribution in [2.45, 2.75) is 39.4 Å². The van der Waals surface area contributed by atoms with Crippen molar-refractivity contribution in [3.8, 4) is 0 Å². The van der Waals surface area contributed by atoms with Gasteiger partial charge in [-0.2, -0.15) is 11.8 Å². The van der Waals surface area contributed by atoms with Crippen molar-refractivity contribution in [1.82, 2.24) is 9.97 Å². The lowest BCUT2D eigenvalue weighted by atomic mass is 10.2. The zero-order valence-corrected chi connectivity index (χ0v) is 13.6. The van der Waals surface area contributed by atoms with Crippen LogP contribution in [0.25, 0.3) is 0 Å². The molecule has 0 aliphatic rings. The van der Waals surface area contributed by atoms with Crippen molar-refractivity contribution in [3.05, 3.63) is 21.1 Å². The minimum atomic E-state index is 0.531. The van der Waals surface area contributed by atoms with E-state index in [0.29, 0.717) is 11.1 Å². The van der Waals surface area contributed by atoms with Crippen molar-refractivity contribution >= 4 is 39.3 Å². The molecular formula is C12H18BrClN2S. The summed E-state index contributed by atoms with van der Waals surface area (Å²) >= 11 is 11.4. The number of thioether (sulfide) groups is 1. The second-order valence-corrected chi connectivity index (χ2v) is 6.53. The monoisotopic (exact) mass is 336 g/mol. The highest BCUT2D eigenvalue weighted by Gasteiger charge is 2.10. The van der Waals surface area contributed by atoms with E-state index in [1.165, 1.54) is 0 Å². The van der Waals surface area contributed by atoms with Gasteiger partial charge in [0.15, 0.2) is 0 Å². The molecule has 0 amide bonds. The van der Waals surface area contributed by atoms with Gasteiger partial charge in [-0.1, -0.05) is 38.8 Å². The van der Waals surface area contributed by atoms with E-state index < -0.39 is 0 Å². The van der Waals surface area contributed by atoms with Gasteiger partial charge in [0.2, 0.25) is 0 Å². The van der Waals surface area contributed by atoms with Gasteiger partial charge in [0.1, 0.15) is 11.0 Å². The fourth-order valence-electron chi connectivity index (χ4n) is 1.36. The van der Waals surface area contributed by atoms with Crippen molar-refractivity contribution in [2.24, 2.45) is 5.92 Å². The second kappa shape index (κ2) is 7.59. The standard InChI is InChI=1S/C12H18BrClN2S/c1-4-5-9-11(13)12(14)16-10(15-9)7-17-6-8(2)3/h8H,4-7H2,1-3H3. The van der Waals surface area contributed by atoms with Crippen LogP contribution < -0.4 is 0 Å². The molecule has 0 saturated carbocycles. The van der Waals surface area contributed by atoms with Crippen LogP contribution in [0, 0.1) is 5.92 Å². The van der Waals surface area contributed by atoms with Gasteiger partial charge < -0.3 is 0 Å². The van der Waals surface area contributed by atoms with E-state index >= 15 is 0 Å². The Morgan fingerprint density at radius 1 is 1.35 bits per heavy atom. The summed E-state index contributed by atoms with van der Waals surface area (Å²) in [5.74, 6) is 3.50. The number of halogens is 2. The van der Waals surface area contributed by atoms with Crippen molar-refractivity contribution in [1.29, 1.82) is 0 Å². The van der Waals surface area contributed by atoms with Gasteiger partial charge in [0.25, 0.3) is 0 Å². The molecule has 0 unspecified atom stereocenters. The number of aromatic nitrogens is 2. The molecule has 0 N–H and O–H groups in total. The van der Waals surface area contributed by atoms with Gasteiger partial charge in [0.05, 0.1) is 15.9 Å². The third-order valence-corrected chi connectivity index (χ3v) is 4.79. The molecule has 0 fully saturated rings. The summed E-state index contributed by atoms with van der Waals surface area (Å²) in [6.45, 7) is 6.56. The van der Waals surface area contributed by atoms with Crippen LogP contribution in [0.2, 0.25) is 5.15 Å². The van der Waals surface area contributed by atoms with E-state index in [2.05, 4.69) is 46.7 Å². The molecule has 0 aromatic carbocycles. The molecule has 5 heteroatoms. The third-order valence-electron chi connectivity index (χ3n) is 2.09. The number of hydrogen-bond donors (Lipinski definition) is 0. The molecule has 0 radical (unpaired) electrons. The van der Waals surface area contributed by atoms with E-state index in [1.54, 1.807) is 0 Å². The summed E-state index contributed by atoms with van der Waals surface area (Å²) in [6, 6.07) is 0. The predicted molar refractivity (Wildman–Crippen MR) is 79.7 cm³/mol. The summed E-state index contributed by atoms with van der Waals surface area (Å²) < 4.78 is 0.846. The molecule has 1 aromatic rings. The predicted octanol–water partition coefficient (Wildman–Crippen LogP) is 4.73. The lowest BCUT2D eigenvalue weighted by molar-refractivity contribution is 0.749. The average molecular weight is 338 g/mol. The molecule has 1 rings (SSSR count). The maximum Gasteiger partial charge on any atom is 0.147 e. The maximum atomic E-state index is 6.09. The first-order valence-corrected chi connectivity index (χ1v) is 8.15. The first-order valence-electron chi connectivity index (χ1n) is 5.83. The smallest absolute Gasteiger partial charge is 0.147 e. The Bertz CT molecular complexity index is 372. The first-order chi connectivity index (χ1) is 8.04. The van der Waals surface area contributed by atoms with Gasteiger partial charge in [-0.3, -0.25) is 0 Å². The van der Waals surface area contributed by atoms with Crippen LogP contribution in [0.4, 0.5) is 0 Å². The molecule has 0 saturated heterocycles. The van der Waals surface area contributed by atoms with Gasteiger partial charge in [-0.25, -0.2) is 9.97 Å². The average Bonchev–Trinajstić information content (AvgIpc) is 2.25. The number of aryl methyl sites for hydroxylation is 1. The number of hydrogen-bond acceptors (Lipinski definition) is 3. The van der Waals surface area contributed by atoms with Gasteiger partial charge >= 0.3 is 0 Å². The Morgan fingerprint density at radius 3 is 2.65 bits per heavy atom. The third kappa shape index (κ3) is 5.14. The van der Waals surface area contributed by atoms with E-state index in [9.17, 15) is 0 Å². The largest absolute Gasteiger partial charge is 0.236 e. The molecule has 0 aliphatic carbocycles. The quantitative estimate of drug-likeness (QED) is 0.702. The lowest BCUT2D eigenvalue weighted by Crippen LogP contribution is -2.02. The van der Waals surface area contributed by atoms with Crippen molar-refractivity contribution in [3.63, 3.8) is 0 Å². The van der Waals surface area contributed by atoms with Crippen molar-refractivity contribution in [2.75, 3.05) is 5.75 Å². The van der Waals surface area contributed by atoms with E-state index in [4.69, 9.17) is 11.6 Å². The second-order valence-electron chi connectivity index (χ2n) is 4.35. The maximum absolute atomic E-state index is 6.09. The number of rotatable bonds is 6. The molecule has 0 bridgehead atoms. The van der Waals surface area contributed by atoms with Crippen molar-refractivity contribution < 1.29 is 0 Å². The highest BCUT2D eigenvalue weighted by atomic mass is 79.9. The topological polar surface area (TPSA) is 25.8 Å². The lowest BCUT2D eigenvalue weighted by Gasteiger charge is -2.08. The summed E-state index contributed by atoms with van der Waals surface area (Å²) in [6.07, 6.45) is 2.00. The number of nitrogens with zero attached hydrogens (tertiary/aromatic N) is 2. The fraction of sp³-hybridized carbons (Fsp3) is 0.667. The SMILES string of the molecule is CCCc1nc(CSCC(C)C)nc(Cl)c1Br. The molecule has 0 spiro atoms. The Hall–Kier alpha value is 0.200. The van der Waals surface area contributed by atoms with Gasteiger partial charge in [0, 0.05) is 0 Å². The van der Waals surface area contributed by atoms with Crippen LogP contribution in [-0.2, 0) is 12.2 Å². The highest BCUT2D eigenvalue weighted by Crippen LogP contribution is 2.25. The molecular weight excluding hydrogens is 320 g/mol. The van der Waals surface area contributed by atoms with E-state index in [-0.39, 0.29) is 0 Å². The Balaban J connectivity index is 2.72. The van der Waals surface area contributed by atoms with Crippen LogP contribution in [-0.4, -0.2) is 15.7 Å². The summed E-state index contributed by atoms with van der Waals surface area (Å²) in [4.78, 5) is 8.86. The van der Waals surface area contributed by atoms with Crippen LogP contribution >= 0.6 is 39.3 Å². The summed E-state index contributed by atoms with van der Waals surface area (Å²) in [5.41, 5.74) is 1.02. The fourth-order valence-corrected chi connectivity index (χ4v) is 2.85. The van der Waals surface area contributed by atoms with Crippen LogP contribution in [0.15, 0.2) is 4.47 Å². The zero-order chi connectivity index (χ0) is 12.8. The molecule has 2 nitrogen and oxygen atoms in total. The normalized spacial score (nSPS) is 11.2. The Labute approximate surface area is 121 Å². The molecule has 0 aliphatic heterocycles. The van der Waals surface area contributed by atoms with Gasteiger partial charge in [-0.15, -0.1) is 0 Å². The van der Waals surface area contributed by atoms with Crippen LogP contribution in [0.3, 0.4) is 0 Å². The minimum Gasteiger partial charge on any atom is -0.236 e. The molecule has 0 atom stereocenters. The van der Waals surface area contributed by atoms with Crippen LogP contribution in [0.1, 0.15) is 38.7 Å². The van der Waals surface area contributed by atoms with E-state index in [1.807, 2.05) is 11.8 Å². The zero-order valence-electron chi connectivity index (χ0n) is 10.5. The first kappa shape index (κ1) is 15.3. The Kier molecular flexibility index (Phi) is 6.82. The molecule has 96 valence electrons. The summed E-state index contributed by atoms with van der Waals surface area (Å²) in [7, 11) is 0. The molecule has 17 heavy (non-hydrogen) atoms. The van der Waals surface area contributed by atoms with Gasteiger partial charge in [-0.05, 0) is 34.0 Å². The summed E-state index contributed by atoms with van der Waals surface area (Å²) in [5, 5.41) is 0.531. The van der Waals surface area contributed by atoms with Crippen LogP contribution in [0.5, 0.6) is 0 Å². The van der Waals surface area contributed by atoms with E-state index in [0.717, 1.165) is 40.3 Å². The molecule has 1 aromatic heterocycles. The highest BCUT2D eigenvalue weighted by molar-refractivity contribution is 9.10. The minimum absolute atomic E-state index is 0.531. The molecule has 1 heterocycles.